The standard InChI is InChI=1S/C10H12ClN3/c1-14-9-3-2-7(11)6-8(9)13-10(14)4-5-12/h2-3,6H,4-5,12H2,1H3. The molecule has 74 valence electrons. The van der Waals surface area contributed by atoms with Crippen molar-refractivity contribution in [2.24, 2.45) is 12.8 Å². The monoisotopic (exact) mass is 209 g/mol. The molecule has 0 amide bonds. The first-order chi connectivity index (χ1) is 6.72. The molecule has 0 radical (unpaired) electrons. The van der Waals surface area contributed by atoms with Gasteiger partial charge in [-0.2, -0.15) is 0 Å². The van der Waals surface area contributed by atoms with Crippen molar-refractivity contribution >= 4 is 22.6 Å². The Hall–Kier alpha value is -1.06. The Morgan fingerprint density at radius 1 is 1.50 bits per heavy atom. The van der Waals surface area contributed by atoms with Crippen LogP contribution in [0.15, 0.2) is 18.2 Å². The lowest BCUT2D eigenvalue weighted by molar-refractivity contribution is 0.794. The van der Waals surface area contributed by atoms with Gasteiger partial charge in [0.1, 0.15) is 5.82 Å². The molecular formula is C10H12ClN3. The number of nitrogens with zero attached hydrogens (tertiary/aromatic N) is 2. The van der Waals surface area contributed by atoms with Gasteiger partial charge in [0.25, 0.3) is 0 Å². The van der Waals surface area contributed by atoms with E-state index in [1.54, 1.807) is 0 Å². The second kappa shape index (κ2) is 3.59. The minimum Gasteiger partial charge on any atom is -0.331 e. The van der Waals surface area contributed by atoms with Crippen molar-refractivity contribution in [2.75, 3.05) is 6.54 Å². The van der Waals surface area contributed by atoms with Gasteiger partial charge in [-0.1, -0.05) is 11.6 Å². The molecule has 0 atom stereocenters. The van der Waals surface area contributed by atoms with Crippen molar-refractivity contribution in [3.63, 3.8) is 0 Å². The average Bonchev–Trinajstić information content (AvgIpc) is 2.44. The maximum atomic E-state index is 5.88. The Labute approximate surface area is 87.5 Å². The maximum absolute atomic E-state index is 5.88. The van der Waals surface area contributed by atoms with Crippen molar-refractivity contribution in [1.29, 1.82) is 0 Å². The molecular weight excluding hydrogens is 198 g/mol. The van der Waals surface area contributed by atoms with E-state index in [4.69, 9.17) is 17.3 Å². The summed E-state index contributed by atoms with van der Waals surface area (Å²) in [5.41, 5.74) is 7.53. The molecule has 0 fully saturated rings. The van der Waals surface area contributed by atoms with Crippen LogP contribution in [0.3, 0.4) is 0 Å². The molecule has 1 aromatic heterocycles. The average molecular weight is 210 g/mol. The number of hydrogen-bond donors (Lipinski definition) is 1. The van der Waals surface area contributed by atoms with Crippen LogP contribution in [-0.4, -0.2) is 16.1 Å². The molecule has 0 spiro atoms. The highest BCUT2D eigenvalue weighted by Crippen LogP contribution is 2.19. The van der Waals surface area contributed by atoms with E-state index in [1.807, 2.05) is 25.2 Å². The van der Waals surface area contributed by atoms with E-state index in [-0.39, 0.29) is 0 Å². The summed E-state index contributed by atoms with van der Waals surface area (Å²) in [4.78, 5) is 4.46. The van der Waals surface area contributed by atoms with E-state index in [9.17, 15) is 0 Å². The largest absolute Gasteiger partial charge is 0.331 e. The first-order valence-corrected chi connectivity index (χ1v) is 4.91. The van der Waals surface area contributed by atoms with Gasteiger partial charge in [0.15, 0.2) is 0 Å². The van der Waals surface area contributed by atoms with E-state index in [2.05, 4.69) is 9.55 Å². The van der Waals surface area contributed by atoms with Crippen LogP contribution in [0.2, 0.25) is 5.02 Å². The zero-order valence-electron chi connectivity index (χ0n) is 8.00. The van der Waals surface area contributed by atoms with Gasteiger partial charge in [-0.25, -0.2) is 4.98 Å². The highest BCUT2D eigenvalue weighted by atomic mass is 35.5. The molecule has 1 heterocycles. The fourth-order valence-corrected chi connectivity index (χ4v) is 1.74. The Morgan fingerprint density at radius 3 is 3.00 bits per heavy atom. The smallest absolute Gasteiger partial charge is 0.110 e. The zero-order valence-corrected chi connectivity index (χ0v) is 8.75. The van der Waals surface area contributed by atoms with Crippen LogP contribution in [0.5, 0.6) is 0 Å². The molecule has 3 nitrogen and oxygen atoms in total. The van der Waals surface area contributed by atoms with E-state index < -0.39 is 0 Å². The second-order valence-electron chi connectivity index (χ2n) is 3.26. The van der Waals surface area contributed by atoms with Crippen molar-refractivity contribution in [2.45, 2.75) is 6.42 Å². The Morgan fingerprint density at radius 2 is 2.29 bits per heavy atom. The van der Waals surface area contributed by atoms with E-state index in [1.165, 1.54) is 0 Å². The van der Waals surface area contributed by atoms with Crippen molar-refractivity contribution in [3.05, 3.63) is 29.0 Å². The number of fused-ring (bicyclic) bond motifs is 1. The van der Waals surface area contributed by atoms with E-state index >= 15 is 0 Å². The second-order valence-corrected chi connectivity index (χ2v) is 3.70. The summed E-state index contributed by atoms with van der Waals surface area (Å²) in [6, 6.07) is 5.72. The predicted octanol–water partition coefficient (Wildman–Crippen LogP) is 1.73. The van der Waals surface area contributed by atoms with Crippen LogP contribution >= 0.6 is 11.6 Å². The summed E-state index contributed by atoms with van der Waals surface area (Å²) in [6.45, 7) is 0.616. The highest BCUT2D eigenvalue weighted by molar-refractivity contribution is 6.31. The van der Waals surface area contributed by atoms with Gasteiger partial charge in [0.2, 0.25) is 0 Å². The van der Waals surface area contributed by atoms with Crippen LogP contribution in [-0.2, 0) is 13.5 Å². The normalized spacial score (nSPS) is 11.1. The molecule has 0 bridgehead atoms. The summed E-state index contributed by atoms with van der Waals surface area (Å²) >= 11 is 5.88. The molecule has 14 heavy (non-hydrogen) atoms. The van der Waals surface area contributed by atoms with Crippen LogP contribution < -0.4 is 5.73 Å². The molecule has 0 aliphatic rings. The summed E-state index contributed by atoms with van der Waals surface area (Å²) in [5, 5.41) is 0.717. The van der Waals surface area contributed by atoms with Gasteiger partial charge in [0, 0.05) is 18.5 Å². The number of nitrogens with two attached hydrogens (primary N) is 1. The minimum atomic E-state index is 0.616. The minimum absolute atomic E-state index is 0.616. The first-order valence-electron chi connectivity index (χ1n) is 4.53. The van der Waals surface area contributed by atoms with E-state index in [0.717, 1.165) is 28.3 Å². The summed E-state index contributed by atoms with van der Waals surface area (Å²) in [7, 11) is 1.99. The molecule has 4 heteroatoms. The quantitative estimate of drug-likeness (QED) is 0.819. The van der Waals surface area contributed by atoms with Crippen molar-refractivity contribution in [3.8, 4) is 0 Å². The summed E-state index contributed by atoms with van der Waals surface area (Å²) < 4.78 is 2.05. The highest BCUT2D eigenvalue weighted by Gasteiger charge is 2.06. The lowest BCUT2D eigenvalue weighted by atomic mass is 10.3. The number of hydrogen-bond acceptors (Lipinski definition) is 2. The Kier molecular flexibility index (Phi) is 2.44. The third-order valence-corrected chi connectivity index (χ3v) is 2.54. The molecule has 2 N–H and O–H groups in total. The number of benzene rings is 1. The zero-order chi connectivity index (χ0) is 10.1. The molecule has 0 saturated heterocycles. The Bertz CT molecular complexity index is 462. The fraction of sp³-hybridized carbons (Fsp3) is 0.300. The van der Waals surface area contributed by atoms with Gasteiger partial charge in [0.05, 0.1) is 11.0 Å². The van der Waals surface area contributed by atoms with Crippen LogP contribution in [0.25, 0.3) is 11.0 Å². The first kappa shape index (κ1) is 9.49. The molecule has 0 aliphatic heterocycles. The molecule has 1 aromatic carbocycles. The Balaban J connectivity index is 2.61. The topological polar surface area (TPSA) is 43.8 Å². The van der Waals surface area contributed by atoms with E-state index in [0.29, 0.717) is 6.54 Å². The van der Waals surface area contributed by atoms with Crippen LogP contribution in [0.1, 0.15) is 5.82 Å². The number of rotatable bonds is 2. The maximum Gasteiger partial charge on any atom is 0.110 e. The third-order valence-electron chi connectivity index (χ3n) is 2.30. The van der Waals surface area contributed by atoms with Gasteiger partial charge < -0.3 is 10.3 Å². The number of imidazole rings is 1. The van der Waals surface area contributed by atoms with Gasteiger partial charge in [-0.3, -0.25) is 0 Å². The third kappa shape index (κ3) is 1.49. The van der Waals surface area contributed by atoms with Crippen molar-refractivity contribution < 1.29 is 0 Å². The van der Waals surface area contributed by atoms with Crippen LogP contribution in [0, 0.1) is 0 Å². The SMILES string of the molecule is Cn1c(CCN)nc2cc(Cl)ccc21. The van der Waals surface area contributed by atoms with Crippen LogP contribution in [0.4, 0.5) is 0 Å². The number of aryl methyl sites for hydroxylation is 1. The number of halogens is 1. The molecule has 2 aromatic rings. The fourth-order valence-electron chi connectivity index (χ4n) is 1.58. The molecule has 0 saturated carbocycles. The summed E-state index contributed by atoms with van der Waals surface area (Å²) in [5.74, 6) is 1.00. The number of aromatic nitrogens is 2. The van der Waals surface area contributed by atoms with Gasteiger partial charge in [-0.05, 0) is 24.7 Å². The predicted molar refractivity (Wildman–Crippen MR) is 58.5 cm³/mol. The molecule has 0 unspecified atom stereocenters. The lowest BCUT2D eigenvalue weighted by Crippen LogP contribution is -2.07. The molecule has 0 aliphatic carbocycles. The van der Waals surface area contributed by atoms with Gasteiger partial charge >= 0.3 is 0 Å². The van der Waals surface area contributed by atoms with Crippen molar-refractivity contribution in [1.82, 2.24) is 9.55 Å². The molecule has 2 rings (SSSR count). The van der Waals surface area contributed by atoms with Gasteiger partial charge in [-0.15, -0.1) is 0 Å². The lowest BCUT2D eigenvalue weighted by Gasteiger charge is -1.99. The summed E-state index contributed by atoms with van der Waals surface area (Å²) in [6.07, 6.45) is 0.794.